The van der Waals surface area contributed by atoms with Gasteiger partial charge in [-0.25, -0.2) is 5.21 Å². The standard InChI is InChI=1S/C15H23N3O2/c1-12-3-4-14-15(11-12)18(19)13(2)17(14)6-5-16-7-9-20-10-8-16/h3-4,11,13,19H,5-10H2,1-2H3/p+1. The summed E-state index contributed by atoms with van der Waals surface area (Å²) in [5.41, 5.74) is 3.35. The van der Waals surface area contributed by atoms with E-state index in [1.54, 1.807) is 0 Å². The monoisotopic (exact) mass is 278 g/mol. The molecule has 2 aliphatic rings. The molecule has 0 spiro atoms. The van der Waals surface area contributed by atoms with Crippen molar-refractivity contribution in [3.8, 4) is 0 Å². The van der Waals surface area contributed by atoms with Crippen molar-refractivity contribution in [2.75, 3.05) is 44.3 Å². The van der Waals surface area contributed by atoms with Gasteiger partial charge in [0.2, 0.25) is 0 Å². The molecular formula is C15H24N3O2+. The SMILES string of the molecule is Cc1ccc2c(c1)[NH+](O)C(C)N2CCN1CCOCC1. The quantitative estimate of drug-likeness (QED) is 0.840. The van der Waals surface area contributed by atoms with E-state index in [0.717, 1.165) is 50.8 Å². The number of hydrogen-bond donors (Lipinski definition) is 2. The topological polar surface area (TPSA) is 40.4 Å². The molecule has 20 heavy (non-hydrogen) atoms. The first-order valence-corrected chi connectivity index (χ1v) is 7.40. The van der Waals surface area contributed by atoms with Gasteiger partial charge in [-0.3, -0.25) is 4.90 Å². The third kappa shape index (κ3) is 2.54. The minimum atomic E-state index is 0.0767. The van der Waals surface area contributed by atoms with E-state index in [9.17, 15) is 5.21 Å². The molecule has 0 aliphatic carbocycles. The lowest BCUT2D eigenvalue weighted by Crippen LogP contribution is -3.08. The Hall–Kier alpha value is -1.14. The van der Waals surface area contributed by atoms with E-state index in [1.807, 2.05) is 0 Å². The average molecular weight is 278 g/mol. The summed E-state index contributed by atoms with van der Waals surface area (Å²) in [5.74, 6) is 0. The number of nitrogens with one attached hydrogen (secondary N) is 1. The number of nitrogens with zero attached hydrogens (tertiary/aromatic N) is 2. The van der Waals surface area contributed by atoms with Crippen molar-refractivity contribution in [2.45, 2.75) is 20.0 Å². The molecule has 1 saturated heterocycles. The molecular weight excluding hydrogens is 254 g/mol. The summed E-state index contributed by atoms with van der Waals surface area (Å²) in [6.07, 6.45) is 0.0767. The molecule has 0 bridgehead atoms. The Balaban J connectivity index is 1.70. The Labute approximate surface area is 120 Å². The molecule has 1 aromatic rings. The van der Waals surface area contributed by atoms with E-state index in [2.05, 4.69) is 41.8 Å². The van der Waals surface area contributed by atoms with Gasteiger partial charge in [0.15, 0.2) is 11.9 Å². The number of quaternary nitrogens is 1. The molecule has 2 atom stereocenters. The molecule has 0 amide bonds. The zero-order valence-electron chi connectivity index (χ0n) is 12.3. The van der Waals surface area contributed by atoms with Crippen LogP contribution in [0.15, 0.2) is 18.2 Å². The van der Waals surface area contributed by atoms with Gasteiger partial charge < -0.3 is 9.64 Å². The Bertz CT molecular complexity index is 474. The second-order valence-electron chi connectivity index (χ2n) is 5.73. The van der Waals surface area contributed by atoms with E-state index in [4.69, 9.17) is 4.74 Å². The fraction of sp³-hybridized carbons (Fsp3) is 0.600. The minimum Gasteiger partial charge on any atom is -0.379 e. The van der Waals surface area contributed by atoms with Crippen molar-refractivity contribution in [2.24, 2.45) is 0 Å². The second kappa shape index (κ2) is 5.69. The van der Waals surface area contributed by atoms with Crippen LogP contribution in [0.5, 0.6) is 0 Å². The highest BCUT2D eigenvalue weighted by Gasteiger charge is 2.37. The smallest absolute Gasteiger partial charge is 0.195 e. The number of aryl methyl sites for hydroxylation is 1. The van der Waals surface area contributed by atoms with Crippen LogP contribution >= 0.6 is 0 Å². The first-order valence-electron chi connectivity index (χ1n) is 7.40. The Morgan fingerprint density at radius 2 is 2.05 bits per heavy atom. The molecule has 0 radical (unpaired) electrons. The van der Waals surface area contributed by atoms with Crippen molar-refractivity contribution in [1.82, 2.24) is 4.90 Å². The van der Waals surface area contributed by atoms with Crippen LogP contribution in [0.1, 0.15) is 12.5 Å². The predicted molar refractivity (Wildman–Crippen MR) is 77.7 cm³/mol. The third-order valence-corrected chi connectivity index (χ3v) is 4.36. The van der Waals surface area contributed by atoms with Gasteiger partial charge in [-0.1, -0.05) is 6.07 Å². The molecule has 2 unspecified atom stereocenters. The summed E-state index contributed by atoms with van der Waals surface area (Å²) < 4.78 is 5.38. The number of hydrogen-bond acceptors (Lipinski definition) is 4. The zero-order valence-corrected chi connectivity index (χ0v) is 12.3. The molecule has 5 heteroatoms. The van der Waals surface area contributed by atoms with Crippen LogP contribution in [0.3, 0.4) is 0 Å². The van der Waals surface area contributed by atoms with E-state index in [1.165, 1.54) is 5.56 Å². The number of ether oxygens (including phenoxy) is 1. The lowest BCUT2D eigenvalue weighted by molar-refractivity contribution is -1.05. The summed E-state index contributed by atoms with van der Waals surface area (Å²) in [5, 5.41) is 10.8. The van der Waals surface area contributed by atoms with Gasteiger partial charge in [-0.2, -0.15) is 0 Å². The van der Waals surface area contributed by atoms with Crippen LogP contribution in [0, 0.1) is 6.92 Å². The fourth-order valence-corrected chi connectivity index (χ4v) is 3.07. The molecule has 0 aromatic heterocycles. The molecule has 110 valence electrons. The summed E-state index contributed by atoms with van der Waals surface area (Å²) in [7, 11) is 0. The van der Waals surface area contributed by atoms with Crippen LogP contribution in [0.4, 0.5) is 11.4 Å². The van der Waals surface area contributed by atoms with Gasteiger partial charge in [-0.15, -0.1) is 5.06 Å². The van der Waals surface area contributed by atoms with Gasteiger partial charge in [0.1, 0.15) is 5.69 Å². The van der Waals surface area contributed by atoms with Crippen LogP contribution < -0.4 is 9.96 Å². The highest BCUT2D eigenvalue weighted by Crippen LogP contribution is 2.29. The number of fused-ring (bicyclic) bond motifs is 1. The van der Waals surface area contributed by atoms with Gasteiger partial charge >= 0.3 is 0 Å². The average Bonchev–Trinajstić information content (AvgIpc) is 2.70. The van der Waals surface area contributed by atoms with Crippen LogP contribution in [-0.2, 0) is 4.74 Å². The van der Waals surface area contributed by atoms with Crippen molar-refractivity contribution in [3.63, 3.8) is 0 Å². The molecule has 1 fully saturated rings. The summed E-state index contributed by atoms with van der Waals surface area (Å²) in [6, 6.07) is 6.32. The lowest BCUT2D eigenvalue weighted by atomic mass is 10.2. The second-order valence-corrected chi connectivity index (χ2v) is 5.73. The van der Waals surface area contributed by atoms with Gasteiger partial charge in [0.25, 0.3) is 0 Å². The van der Waals surface area contributed by atoms with Crippen molar-refractivity contribution < 1.29 is 15.0 Å². The van der Waals surface area contributed by atoms with E-state index < -0.39 is 0 Å². The van der Waals surface area contributed by atoms with Gasteiger partial charge in [-0.05, 0) is 18.6 Å². The Kier molecular flexibility index (Phi) is 3.94. The molecule has 2 heterocycles. The molecule has 1 aromatic carbocycles. The van der Waals surface area contributed by atoms with E-state index in [-0.39, 0.29) is 6.17 Å². The fourth-order valence-electron chi connectivity index (χ4n) is 3.07. The maximum atomic E-state index is 10.3. The van der Waals surface area contributed by atoms with Crippen molar-refractivity contribution in [1.29, 1.82) is 0 Å². The van der Waals surface area contributed by atoms with Gasteiger partial charge in [0.05, 0.1) is 13.2 Å². The summed E-state index contributed by atoms with van der Waals surface area (Å²) in [6.45, 7) is 9.80. The normalized spacial score (nSPS) is 26.9. The number of anilines is 1. The Morgan fingerprint density at radius 3 is 2.80 bits per heavy atom. The molecule has 2 aliphatic heterocycles. The molecule has 0 saturated carbocycles. The zero-order chi connectivity index (χ0) is 14.1. The first-order chi connectivity index (χ1) is 9.66. The maximum absolute atomic E-state index is 10.3. The number of rotatable bonds is 3. The highest BCUT2D eigenvalue weighted by molar-refractivity contribution is 5.66. The molecule has 2 N–H and O–H groups in total. The predicted octanol–water partition coefficient (Wildman–Crippen LogP) is 0.399. The number of benzene rings is 1. The molecule has 3 rings (SSSR count). The van der Waals surface area contributed by atoms with E-state index >= 15 is 0 Å². The summed E-state index contributed by atoms with van der Waals surface area (Å²) in [4.78, 5) is 4.74. The minimum absolute atomic E-state index is 0.0767. The highest BCUT2D eigenvalue weighted by atomic mass is 16.5. The van der Waals surface area contributed by atoms with E-state index in [0.29, 0.717) is 5.06 Å². The van der Waals surface area contributed by atoms with Crippen LogP contribution in [0.2, 0.25) is 0 Å². The van der Waals surface area contributed by atoms with Crippen LogP contribution in [0.25, 0.3) is 0 Å². The number of hydroxylamine groups is 1. The summed E-state index contributed by atoms with van der Waals surface area (Å²) >= 11 is 0. The lowest BCUT2D eigenvalue weighted by Gasteiger charge is -2.29. The van der Waals surface area contributed by atoms with Gasteiger partial charge in [0, 0.05) is 39.2 Å². The Morgan fingerprint density at radius 1 is 1.30 bits per heavy atom. The largest absolute Gasteiger partial charge is 0.379 e. The first kappa shape index (κ1) is 13.8. The third-order valence-electron chi connectivity index (χ3n) is 4.36. The van der Waals surface area contributed by atoms with Crippen LogP contribution in [-0.4, -0.2) is 55.7 Å². The van der Waals surface area contributed by atoms with Crippen molar-refractivity contribution >= 4 is 11.4 Å². The number of morpholine rings is 1. The van der Waals surface area contributed by atoms with Crippen molar-refractivity contribution in [3.05, 3.63) is 23.8 Å². The molecule has 5 nitrogen and oxygen atoms in total. The maximum Gasteiger partial charge on any atom is 0.195 e.